The number of hydrogen-bond donors (Lipinski definition) is 2. The largest absolute Gasteiger partial charge is 0.481 e. The first-order valence-electron chi connectivity index (χ1n) is 7.30. The standard InChI is InChI=1S/C14H24N2O4/c1-16(11-7-12(8-11)20-2)14(19)15-10-5-3-9(4-6-10)13(17)18/h9-12H,3-8H2,1-2H3,(H,15,19)(H,17,18). The smallest absolute Gasteiger partial charge is 0.317 e. The first-order valence-corrected chi connectivity index (χ1v) is 7.30. The van der Waals surface area contributed by atoms with Gasteiger partial charge in [0.25, 0.3) is 0 Å². The molecule has 2 rings (SSSR count). The Hall–Kier alpha value is -1.30. The highest BCUT2D eigenvalue weighted by molar-refractivity contribution is 5.75. The Morgan fingerprint density at radius 1 is 1.20 bits per heavy atom. The topological polar surface area (TPSA) is 78.9 Å². The van der Waals surface area contributed by atoms with E-state index < -0.39 is 5.97 Å². The Morgan fingerprint density at radius 2 is 1.80 bits per heavy atom. The third-order valence-corrected chi connectivity index (χ3v) is 4.68. The number of carbonyl (C=O) groups excluding carboxylic acids is 1. The number of ether oxygens (including phenoxy) is 1. The number of aliphatic carboxylic acids is 1. The molecule has 0 aromatic rings. The number of rotatable bonds is 4. The monoisotopic (exact) mass is 284 g/mol. The minimum absolute atomic E-state index is 0.0525. The van der Waals surface area contributed by atoms with Gasteiger partial charge in [-0.15, -0.1) is 0 Å². The van der Waals surface area contributed by atoms with Crippen LogP contribution in [0.3, 0.4) is 0 Å². The lowest BCUT2D eigenvalue weighted by molar-refractivity contribution is -0.142. The Bertz CT molecular complexity index is 360. The van der Waals surface area contributed by atoms with Gasteiger partial charge in [-0.25, -0.2) is 4.79 Å². The van der Waals surface area contributed by atoms with Crippen LogP contribution in [0.15, 0.2) is 0 Å². The van der Waals surface area contributed by atoms with E-state index in [4.69, 9.17) is 9.84 Å². The Balaban J connectivity index is 1.71. The molecule has 114 valence electrons. The van der Waals surface area contributed by atoms with E-state index in [1.165, 1.54) is 0 Å². The summed E-state index contributed by atoms with van der Waals surface area (Å²) in [5.41, 5.74) is 0. The molecule has 0 radical (unpaired) electrons. The summed E-state index contributed by atoms with van der Waals surface area (Å²) in [4.78, 5) is 24.7. The number of methoxy groups -OCH3 is 1. The van der Waals surface area contributed by atoms with Gasteiger partial charge < -0.3 is 20.1 Å². The second-order valence-corrected chi connectivity index (χ2v) is 5.93. The van der Waals surface area contributed by atoms with Crippen LogP contribution in [0.2, 0.25) is 0 Å². The van der Waals surface area contributed by atoms with Crippen LogP contribution in [-0.4, -0.2) is 54.4 Å². The van der Waals surface area contributed by atoms with Crippen molar-refractivity contribution in [1.29, 1.82) is 0 Å². The van der Waals surface area contributed by atoms with Crippen molar-refractivity contribution in [2.45, 2.75) is 56.7 Å². The predicted molar refractivity (Wildman–Crippen MR) is 73.5 cm³/mol. The fourth-order valence-corrected chi connectivity index (χ4v) is 2.97. The average Bonchev–Trinajstić information content (AvgIpc) is 2.37. The van der Waals surface area contributed by atoms with E-state index in [1.807, 2.05) is 7.05 Å². The zero-order chi connectivity index (χ0) is 14.7. The molecule has 2 aliphatic carbocycles. The van der Waals surface area contributed by atoms with Crippen LogP contribution in [0.5, 0.6) is 0 Å². The lowest BCUT2D eigenvalue weighted by Gasteiger charge is -2.41. The zero-order valence-corrected chi connectivity index (χ0v) is 12.2. The number of nitrogens with zero attached hydrogens (tertiary/aromatic N) is 1. The third kappa shape index (κ3) is 3.42. The number of hydrogen-bond acceptors (Lipinski definition) is 3. The molecule has 0 saturated heterocycles. The Labute approximate surface area is 119 Å². The molecule has 2 N–H and O–H groups in total. The molecule has 20 heavy (non-hydrogen) atoms. The lowest BCUT2D eigenvalue weighted by Crippen LogP contribution is -2.53. The minimum Gasteiger partial charge on any atom is -0.481 e. The van der Waals surface area contributed by atoms with Crippen LogP contribution in [0.1, 0.15) is 38.5 Å². The summed E-state index contributed by atoms with van der Waals surface area (Å²) in [5, 5.41) is 12.0. The molecule has 2 amide bonds. The normalized spacial score (nSPS) is 33.1. The molecule has 0 atom stereocenters. The van der Waals surface area contributed by atoms with Crippen molar-refractivity contribution in [2.75, 3.05) is 14.2 Å². The van der Waals surface area contributed by atoms with Gasteiger partial charge in [0.15, 0.2) is 0 Å². The van der Waals surface area contributed by atoms with Gasteiger partial charge >= 0.3 is 12.0 Å². The molecule has 0 unspecified atom stereocenters. The highest BCUT2D eigenvalue weighted by atomic mass is 16.5. The number of nitrogens with one attached hydrogen (secondary N) is 1. The van der Waals surface area contributed by atoms with E-state index in [0.717, 1.165) is 25.7 Å². The summed E-state index contributed by atoms with van der Waals surface area (Å²) >= 11 is 0. The predicted octanol–water partition coefficient (Wildman–Crippen LogP) is 1.45. The van der Waals surface area contributed by atoms with Gasteiger partial charge in [-0.1, -0.05) is 0 Å². The molecule has 0 spiro atoms. The third-order valence-electron chi connectivity index (χ3n) is 4.68. The van der Waals surface area contributed by atoms with E-state index in [1.54, 1.807) is 12.0 Å². The maximum absolute atomic E-state index is 12.1. The molecule has 6 heteroatoms. The number of urea groups is 1. The van der Waals surface area contributed by atoms with E-state index in [0.29, 0.717) is 12.8 Å². The van der Waals surface area contributed by atoms with Crippen LogP contribution in [0.25, 0.3) is 0 Å². The zero-order valence-electron chi connectivity index (χ0n) is 12.2. The molecule has 2 saturated carbocycles. The van der Waals surface area contributed by atoms with Gasteiger partial charge in [-0.2, -0.15) is 0 Å². The Kier molecular flexibility index (Phi) is 4.86. The molecule has 6 nitrogen and oxygen atoms in total. The van der Waals surface area contributed by atoms with Crippen LogP contribution < -0.4 is 5.32 Å². The molecular weight excluding hydrogens is 260 g/mol. The van der Waals surface area contributed by atoms with Crippen LogP contribution >= 0.6 is 0 Å². The first-order chi connectivity index (χ1) is 9.51. The molecule has 0 bridgehead atoms. The van der Waals surface area contributed by atoms with E-state index in [9.17, 15) is 9.59 Å². The SMILES string of the molecule is COC1CC(N(C)C(=O)NC2CCC(C(=O)O)CC2)C1. The van der Waals surface area contributed by atoms with E-state index in [2.05, 4.69) is 5.32 Å². The van der Waals surface area contributed by atoms with E-state index in [-0.39, 0.29) is 30.1 Å². The maximum atomic E-state index is 12.1. The van der Waals surface area contributed by atoms with Gasteiger partial charge in [0.2, 0.25) is 0 Å². The second-order valence-electron chi connectivity index (χ2n) is 5.93. The highest BCUT2D eigenvalue weighted by Crippen LogP contribution is 2.28. The Morgan fingerprint density at radius 3 is 2.30 bits per heavy atom. The molecule has 0 aliphatic heterocycles. The van der Waals surface area contributed by atoms with Crippen molar-refractivity contribution < 1.29 is 19.4 Å². The van der Waals surface area contributed by atoms with Gasteiger partial charge in [0.1, 0.15) is 0 Å². The second kappa shape index (κ2) is 6.43. The molecule has 0 heterocycles. The van der Waals surface area contributed by atoms with Crippen molar-refractivity contribution in [3.8, 4) is 0 Å². The quantitative estimate of drug-likeness (QED) is 0.819. The minimum atomic E-state index is -0.716. The average molecular weight is 284 g/mol. The van der Waals surface area contributed by atoms with E-state index >= 15 is 0 Å². The van der Waals surface area contributed by atoms with Crippen LogP contribution in [0, 0.1) is 5.92 Å². The van der Waals surface area contributed by atoms with Gasteiger partial charge in [-0.05, 0) is 38.5 Å². The first kappa shape index (κ1) is 15.1. The maximum Gasteiger partial charge on any atom is 0.317 e. The molecule has 2 fully saturated rings. The van der Waals surface area contributed by atoms with Crippen molar-refractivity contribution in [2.24, 2.45) is 5.92 Å². The van der Waals surface area contributed by atoms with Gasteiger partial charge in [0, 0.05) is 26.2 Å². The summed E-state index contributed by atoms with van der Waals surface area (Å²) < 4.78 is 5.22. The highest BCUT2D eigenvalue weighted by Gasteiger charge is 2.35. The fraction of sp³-hybridized carbons (Fsp3) is 0.857. The molecule has 0 aromatic carbocycles. The molecule has 2 aliphatic rings. The summed E-state index contributed by atoms with van der Waals surface area (Å²) in [7, 11) is 3.51. The number of carboxylic acid groups (broad SMARTS) is 1. The van der Waals surface area contributed by atoms with Gasteiger partial charge in [0.05, 0.1) is 12.0 Å². The summed E-state index contributed by atoms with van der Waals surface area (Å²) in [6.45, 7) is 0. The lowest BCUT2D eigenvalue weighted by atomic mass is 9.86. The summed E-state index contributed by atoms with van der Waals surface area (Å²) in [6.07, 6.45) is 4.88. The van der Waals surface area contributed by atoms with Crippen molar-refractivity contribution in [1.82, 2.24) is 10.2 Å². The number of carbonyl (C=O) groups is 2. The molecule has 0 aromatic heterocycles. The summed E-state index contributed by atoms with van der Waals surface area (Å²) in [6, 6.07) is 0.317. The van der Waals surface area contributed by atoms with Crippen LogP contribution in [-0.2, 0) is 9.53 Å². The van der Waals surface area contributed by atoms with Crippen molar-refractivity contribution >= 4 is 12.0 Å². The van der Waals surface area contributed by atoms with Crippen molar-refractivity contribution in [3.05, 3.63) is 0 Å². The van der Waals surface area contributed by atoms with Gasteiger partial charge in [-0.3, -0.25) is 4.79 Å². The number of carboxylic acids is 1. The fourth-order valence-electron chi connectivity index (χ4n) is 2.97. The van der Waals surface area contributed by atoms with Crippen LogP contribution in [0.4, 0.5) is 4.79 Å². The molecular formula is C14H24N2O4. The summed E-state index contributed by atoms with van der Waals surface area (Å²) in [5.74, 6) is -0.957. The number of amides is 2. The van der Waals surface area contributed by atoms with Crippen molar-refractivity contribution in [3.63, 3.8) is 0 Å².